The first-order valence-corrected chi connectivity index (χ1v) is 7.70. The molecule has 0 spiro atoms. The Labute approximate surface area is 134 Å². The summed E-state index contributed by atoms with van der Waals surface area (Å²) in [5.74, 6) is 0.483. The number of aromatic nitrogens is 2. The van der Waals surface area contributed by atoms with Crippen molar-refractivity contribution in [2.75, 3.05) is 11.4 Å². The van der Waals surface area contributed by atoms with Crippen molar-refractivity contribution in [3.8, 4) is 11.3 Å². The molecular weight excluding hydrogens is 289 g/mol. The van der Waals surface area contributed by atoms with E-state index in [1.54, 1.807) is 18.3 Å². The van der Waals surface area contributed by atoms with E-state index in [2.05, 4.69) is 39.1 Å². The van der Waals surface area contributed by atoms with Gasteiger partial charge >= 0.3 is 0 Å². The van der Waals surface area contributed by atoms with Gasteiger partial charge in [0.1, 0.15) is 5.82 Å². The molecule has 0 amide bonds. The van der Waals surface area contributed by atoms with Gasteiger partial charge in [-0.05, 0) is 47.9 Å². The second-order valence-electron chi connectivity index (χ2n) is 5.69. The highest BCUT2D eigenvalue weighted by Crippen LogP contribution is 2.24. The van der Waals surface area contributed by atoms with Gasteiger partial charge in [0, 0.05) is 24.8 Å². The standard InChI is InChI=1S/C19H16FN3/c20-17-7-5-15(6-8-17)18-9-11-21-19(22-18)23-12-10-14-3-1-2-4-16(14)13-23/h1-9,11H,10,12-13H2. The monoisotopic (exact) mass is 305 g/mol. The van der Waals surface area contributed by atoms with Crippen molar-refractivity contribution >= 4 is 5.95 Å². The number of halogens is 1. The fourth-order valence-electron chi connectivity index (χ4n) is 2.95. The molecule has 0 unspecified atom stereocenters. The van der Waals surface area contributed by atoms with Crippen molar-refractivity contribution in [2.45, 2.75) is 13.0 Å². The molecular formula is C19H16FN3. The molecule has 0 bridgehead atoms. The zero-order chi connectivity index (χ0) is 15.6. The van der Waals surface area contributed by atoms with Gasteiger partial charge in [-0.2, -0.15) is 0 Å². The Morgan fingerprint density at radius 2 is 1.70 bits per heavy atom. The quantitative estimate of drug-likeness (QED) is 0.720. The van der Waals surface area contributed by atoms with Crippen LogP contribution in [0.4, 0.5) is 10.3 Å². The van der Waals surface area contributed by atoms with Crippen LogP contribution in [0.3, 0.4) is 0 Å². The van der Waals surface area contributed by atoms with Crippen LogP contribution >= 0.6 is 0 Å². The molecule has 2 aromatic carbocycles. The van der Waals surface area contributed by atoms with Crippen molar-refractivity contribution in [2.24, 2.45) is 0 Å². The van der Waals surface area contributed by atoms with E-state index in [0.29, 0.717) is 0 Å². The highest BCUT2D eigenvalue weighted by molar-refractivity contribution is 5.60. The maximum absolute atomic E-state index is 13.1. The summed E-state index contributed by atoms with van der Waals surface area (Å²) in [5, 5.41) is 0. The van der Waals surface area contributed by atoms with E-state index in [9.17, 15) is 4.39 Å². The molecule has 0 atom stereocenters. The van der Waals surface area contributed by atoms with E-state index < -0.39 is 0 Å². The van der Waals surface area contributed by atoms with Crippen LogP contribution < -0.4 is 4.90 Å². The molecule has 4 heteroatoms. The maximum atomic E-state index is 13.1. The number of rotatable bonds is 2. The summed E-state index contributed by atoms with van der Waals surface area (Å²) in [6.07, 6.45) is 2.77. The van der Waals surface area contributed by atoms with Crippen LogP contribution in [0.5, 0.6) is 0 Å². The van der Waals surface area contributed by atoms with E-state index in [4.69, 9.17) is 0 Å². The molecule has 3 nitrogen and oxygen atoms in total. The molecule has 1 aliphatic rings. The van der Waals surface area contributed by atoms with Crippen LogP contribution in [0.25, 0.3) is 11.3 Å². The van der Waals surface area contributed by atoms with Crippen molar-refractivity contribution in [1.29, 1.82) is 0 Å². The predicted molar refractivity (Wildman–Crippen MR) is 88.6 cm³/mol. The summed E-state index contributed by atoms with van der Waals surface area (Å²) in [6.45, 7) is 1.73. The van der Waals surface area contributed by atoms with Crippen LogP contribution in [0.1, 0.15) is 11.1 Å². The van der Waals surface area contributed by atoms with Gasteiger partial charge in [-0.25, -0.2) is 14.4 Å². The minimum atomic E-state index is -0.240. The average Bonchev–Trinajstić information content (AvgIpc) is 2.62. The van der Waals surface area contributed by atoms with Gasteiger partial charge < -0.3 is 4.90 Å². The minimum absolute atomic E-state index is 0.240. The van der Waals surface area contributed by atoms with Crippen molar-refractivity contribution in [1.82, 2.24) is 9.97 Å². The zero-order valence-corrected chi connectivity index (χ0v) is 12.6. The first-order chi connectivity index (χ1) is 11.3. The fourth-order valence-corrected chi connectivity index (χ4v) is 2.95. The van der Waals surface area contributed by atoms with Crippen LogP contribution in [-0.2, 0) is 13.0 Å². The van der Waals surface area contributed by atoms with Crippen LogP contribution in [-0.4, -0.2) is 16.5 Å². The Morgan fingerprint density at radius 1 is 0.913 bits per heavy atom. The summed E-state index contributed by atoms with van der Waals surface area (Å²) in [4.78, 5) is 11.3. The predicted octanol–water partition coefficient (Wildman–Crippen LogP) is 3.85. The van der Waals surface area contributed by atoms with Gasteiger partial charge in [0.05, 0.1) is 5.69 Å². The third-order valence-electron chi connectivity index (χ3n) is 4.20. The second kappa shape index (κ2) is 5.80. The van der Waals surface area contributed by atoms with Crippen molar-refractivity contribution in [3.05, 3.63) is 77.7 Å². The summed E-state index contributed by atoms with van der Waals surface area (Å²) < 4.78 is 13.1. The molecule has 0 radical (unpaired) electrons. The maximum Gasteiger partial charge on any atom is 0.226 e. The Balaban J connectivity index is 1.63. The van der Waals surface area contributed by atoms with E-state index in [1.807, 2.05) is 6.07 Å². The van der Waals surface area contributed by atoms with E-state index in [1.165, 1.54) is 23.3 Å². The van der Waals surface area contributed by atoms with Gasteiger partial charge in [-0.15, -0.1) is 0 Å². The number of hydrogen-bond acceptors (Lipinski definition) is 3. The molecule has 3 aromatic rings. The molecule has 0 saturated carbocycles. The summed E-state index contributed by atoms with van der Waals surface area (Å²) in [6, 6.07) is 16.7. The largest absolute Gasteiger partial charge is 0.336 e. The molecule has 0 N–H and O–H groups in total. The summed E-state index contributed by atoms with van der Waals surface area (Å²) in [5.41, 5.74) is 4.44. The first kappa shape index (κ1) is 13.9. The third-order valence-corrected chi connectivity index (χ3v) is 4.20. The zero-order valence-electron chi connectivity index (χ0n) is 12.6. The van der Waals surface area contributed by atoms with E-state index >= 15 is 0 Å². The topological polar surface area (TPSA) is 29.0 Å². The van der Waals surface area contributed by atoms with E-state index in [-0.39, 0.29) is 5.82 Å². The number of hydrogen-bond donors (Lipinski definition) is 0. The van der Waals surface area contributed by atoms with Crippen LogP contribution in [0.2, 0.25) is 0 Å². The molecule has 0 aliphatic carbocycles. The summed E-state index contributed by atoms with van der Waals surface area (Å²) in [7, 11) is 0. The van der Waals surface area contributed by atoms with Crippen molar-refractivity contribution < 1.29 is 4.39 Å². The first-order valence-electron chi connectivity index (χ1n) is 7.70. The molecule has 114 valence electrons. The lowest BCUT2D eigenvalue weighted by Gasteiger charge is -2.28. The molecule has 1 aromatic heterocycles. The highest BCUT2D eigenvalue weighted by Gasteiger charge is 2.18. The SMILES string of the molecule is Fc1ccc(-c2ccnc(N3CCc4ccccc4C3)n2)cc1. The lowest BCUT2D eigenvalue weighted by molar-refractivity contribution is 0.628. The van der Waals surface area contributed by atoms with Crippen LogP contribution in [0, 0.1) is 5.82 Å². The molecule has 4 rings (SSSR count). The van der Waals surface area contributed by atoms with Crippen molar-refractivity contribution in [3.63, 3.8) is 0 Å². The molecule has 2 heterocycles. The van der Waals surface area contributed by atoms with Crippen LogP contribution in [0.15, 0.2) is 60.8 Å². The number of anilines is 1. The number of fused-ring (bicyclic) bond motifs is 1. The molecule has 0 saturated heterocycles. The summed E-state index contributed by atoms with van der Waals surface area (Å²) >= 11 is 0. The Hall–Kier alpha value is -2.75. The normalized spacial score (nSPS) is 13.7. The van der Waals surface area contributed by atoms with Gasteiger partial charge in [0.25, 0.3) is 0 Å². The van der Waals surface area contributed by atoms with Gasteiger partial charge in [-0.3, -0.25) is 0 Å². The molecule has 0 fully saturated rings. The smallest absolute Gasteiger partial charge is 0.226 e. The van der Waals surface area contributed by atoms with Gasteiger partial charge in [-0.1, -0.05) is 24.3 Å². The lowest BCUT2D eigenvalue weighted by atomic mass is 10.0. The Kier molecular flexibility index (Phi) is 3.50. The fraction of sp³-hybridized carbons (Fsp3) is 0.158. The van der Waals surface area contributed by atoms with Gasteiger partial charge in [0.15, 0.2) is 0 Å². The second-order valence-corrected chi connectivity index (χ2v) is 5.69. The lowest BCUT2D eigenvalue weighted by Crippen LogP contribution is -2.31. The minimum Gasteiger partial charge on any atom is -0.336 e. The number of benzene rings is 2. The number of nitrogens with zero attached hydrogens (tertiary/aromatic N) is 3. The van der Waals surface area contributed by atoms with Gasteiger partial charge in [0.2, 0.25) is 5.95 Å². The molecule has 1 aliphatic heterocycles. The highest BCUT2D eigenvalue weighted by atomic mass is 19.1. The Morgan fingerprint density at radius 3 is 2.52 bits per heavy atom. The van der Waals surface area contributed by atoms with E-state index in [0.717, 1.165) is 36.7 Å². The third kappa shape index (κ3) is 2.80. The molecule has 23 heavy (non-hydrogen) atoms. The Bertz CT molecular complexity index is 830. The average molecular weight is 305 g/mol.